The molecule has 1 aliphatic heterocycles. The first-order valence-corrected chi connectivity index (χ1v) is 9.81. The first-order chi connectivity index (χ1) is 14.1. The highest BCUT2D eigenvalue weighted by atomic mass is 16.9. The summed E-state index contributed by atoms with van der Waals surface area (Å²) in [5.74, 6) is -0.662. The van der Waals surface area contributed by atoms with Gasteiger partial charge >= 0.3 is 5.97 Å². The van der Waals surface area contributed by atoms with Crippen LogP contribution in [0.2, 0.25) is 0 Å². The Morgan fingerprint density at radius 1 is 1.03 bits per heavy atom. The molecule has 8 heteroatoms. The monoisotopic (exact) mass is 400 g/mol. The van der Waals surface area contributed by atoms with Gasteiger partial charge in [0.25, 0.3) is 5.09 Å². The minimum atomic E-state index is -0.794. The molecule has 1 aromatic carbocycles. The van der Waals surface area contributed by atoms with Crippen LogP contribution in [0.3, 0.4) is 0 Å². The van der Waals surface area contributed by atoms with E-state index in [1.807, 2.05) is 28.8 Å². The van der Waals surface area contributed by atoms with Gasteiger partial charge in [-0.2, -0.15) is 0 Å². The highest BCUT2D eigenvalue weighted by Gasteiger charge is 2.32. The van der Waals surface area contributed by atoms with Gasteiger partial charge in [0.05, 0.1) is 24.8 Å². The molecule has 0 radical (unpaired) electrons. The van der Waals surface area contributed by atoms with Crippen LogP contribution in [-0.2, 0) is 20.9 Å². The quantitative estimate of drug-likeness (QED) is 0.188. The minimum absolute atomic E-state index is 0.0491. The third-order valence-electron chi connectivity index (χ3n) is 5.05. The zero-order valence-corrected chi connectivity index (χ0v) is 16.1. The number of fused-ring (bicyclic) bond motifs is 1. The second kappa shape index (κ2) is 9.86. The molecule has 2 aromatic rings. The fourth-order valence-electron chi connectivity index (χ4n) is 3.59. The van der Waals surface area contributed by atoms with Gasteiger partial charge in [-0.3, -0.25) is 9.59 Å². The number of hydrogen-bond acceptors (Lipinski definition) is 6. The van der Waals surface area contributed by atoms with Crippen LogP contribution >= 0.6 is 0 Å². The van der Waals surface area contributed by atoms with E-state index in [9.17, 15) is 19.7 Å². The molecule has 1 aromatic heterocycles. The number of esters is 1. The summed E-state index contributed by atoms with van der Waals surface area (Å²) >= 11 is 0. The number of hydrogen-bond donors (Lipinski definition) is 0. The van der Waals surface area contributed by atoms with Gasteiger partial charge in [0, 0.05) is 17.8 Å². The normalized spacial score (nSPS) is 15.0. The van der Waals surface area contributed by atoms with Crippen molar-refractivity contribution in [2.45, 2.75) is 44.6 Å². The highest BCUT2D eigenvalue weighted by molar-refractivity contribution is 6.08. The van der Waals surface area contributed by atoms with Crippen LogP contribution in [0, 0.1) is 10.1 Å². The molecule has 8 nitrogen and oxygen atoms in total. The number of nitrogens with zero attached hydrogens (tertiary/aromatic N) is 2. The molecule has 2 heterocycles. The molecular formula is C21H24N2O6. The predicted octanol–water partition coefficient (Wildman–Crippen LogP) is 3.52. The average molecular weight is 400 g/mol. The van der Waals surface area contributed by atoms with Crippen molar-refractivity contribution in [3.8, 4) is 0 Å². The number of ether oxygens (including phenoxy) is 1. The summed E-state index contributed by atoms with van der Waals surface area (Å²) in [6.07, 6.45) is 3.52. The molecule has 0 saturated heterocycles. The topological polar surface area (TPSA) is 101 Å². The van der Waals surface area contributed by atoms with E-state index in [1.54, 1.807) is 18.2 Å². The molecule has 0 N–H and O–H groups in total. The van der Waals surface area contributed by atoms with Gasteiger partial charge in [-0.15, -0.1) is 10.1 Å². The third-order valence-corrected chi connectivity index (χ3v) is 5.05. The minimum Gasteiger partial charge on any atom is -0.465 e. The van der Waals surface area contributed by atoms with Gasteiger partial charge in [0.15, 0.2) is 0 Å². The van der Waals surface area contributed by atoms with Crippen molar-refractivity contribution in [2.24, 2.45) is 0 Å². The maximum absolute atomic E-state index is 12.7. The lowest BCUT2D eigenvalue weighted by atomic mass is 10.1. The smallest absolute Gasteiger partial charge is 0.315 e. The lowest BCUT2D eigenvalue weighted by Gasteiger charge is -2.10. The molecule has 154 valence electrons. The van der Waals surface area contributed by atoms with Crippen LogP contribution in [0.15, 0.2) is 42.5 Å². The molecule has 1 atom stereocenters. The van der Waals surface area contributed by atoms with E-state index in [0.29, 0.717) is 43.7 Å². The Hall–Kier alpha value is -3.16. The van der Waals surface area contributed by atoms with Crippen molar-refractivity contribution < 1.29 is 24.3 Å². The lowest BCUT2D eigenvalue weighted by molar-refractivity contribution is -0.757. The number of carbonyl (C=O) groups is 2. The molecule has 0 amide bonds. The standard InChI is InChI=1S/C21H24N2O6/c24-20(16-8-4-3-5-9-16)19-11-10-18-17(12-13-22(18)19)21(25)28-14-6-1-2-7-15-29-23(26)27/h3-5,8-11,17H,1-2,6-7,12-15H2. The fraction of sp³-hybridized carbons (Fsp3) is 0.429. The second-order valence-electron chi connectivity index (χ2n) is 6.97. The van der Waals surface area contributed by atoms with Crippen molar-refractivity contribution >= 4 is 11.8 Å². The molecule has 0 spiro atoms. The van der Waals surface area contributed by atoms with Gasteiger partial charge in [-0.25, -0.2) is 0 Å². The molecule has 0 bridgehead atoms. The van der Waals surface area contributed by atoms with Crippen LogP contribution < -0.4 is 0 Å². The van der Waals surface area contributed by atoms with Crippen molar-refractivity contribution in [1.82, 2.24) is 4.57 Å². The number of carbonyl (C=O) groups excluding carboxylic acids is 2. The summed E-state index contributed by atoms with van der Waals surface area (Å²) in [6, 6.07) is 12.7. The fourth-order valence-corrected chi connectivity index (χ4v) is 3.59. The third kappa shape index (κ3) is 5.22. The number of aromatic nitrogens is 1. The Labute approximate surface area is 168 Å². The van der Waals surface area contributed by atoms with E-state index in [1.165, 1.54) is 0 Å². The number of benzene rings is 1. The average Bonchev–Trinajstić information content (AvgIpc) is 3.32. The highest BCUT2D eigenvalue weighted by Crippen LogP contribution is 2.32. The molecule has 1 unspecified atom stereocenters. The van der Waals surface area contributed by atoms with Gasteiger partial charge in [-0.1, -0.05) is 36.8 Å². The maximum atomic E-state index is 12.7. The Kier molecular flexibility index (Phi) is 6.99. The first-order valence-electron chi connectivity index (χ1n) is 9.81. The van der Waals surface area contributed by atoms with Crippen molar-refractivity contribution in [2.75, 3.05) is 13.2 Å². The number of unbranched alkanes of at least 4 members (excludes halogenated alkanes) is 3. The Morgan fingerprint density at radius 2 is 1.76 bits per heavy atom. The van der Waals surface area contributed by atoms with E-state index >= 15 is 0 Å². The van der Waals surface area contributed by atoms with Crippen LogP contribution in [-0.4, -0.2) is 34.6 Å². The summed E-state index contributed by atoms with van der Waals surface area (Å²) in [5.41, 5.74) is 2.05. The van der Waals surface area contributed by atoms with Crippen LogP contribution in [0.5, 0.6) is 0 Å². The van der Waals surface area contributed by atoms with E-state index in [0.717, 1.165) is 18.5 Å². The summed E-state index contributed by atoms with van der Waals surface area (Å²) in [4.78, 5) is 39.5. The van der Waals surface area contributed by atoms with Gasteiger partial charge in [0.1, 0.15) is 0 Å². The maximum Gasteiger partial charge on any atom is 0.315 e. The van der Waals surface area contributed by atoms with Crippen LogP contribution in [0.4, 0.5) is 0 Å². The Morgan fingerprint density at radius 3 is 2.48 bits per heavy atom. The van der Waals surface area contributed by atoms with E-state index in [-0.39, 0.29) is 24.3 Å². The van der Waals surface area contributed by atoms with Gasteiger partial charge in [0.2, 0.25) is 5.78 Å². The summed E-state index contributed by atoms with van der Waals surface area (Å²) < 4.78 is 7.32. The molecular weight excluding hydrogens is 376 g/mol. The molecule has 0 aliphatic carbocycles. The summed E-state index contributed by atoms with van der Waals surface area (Å²) in [7, 11) is 0. The second-order valence-corrected chi connectivity index (χ2v) is 6.97. The Bertz CT molecular complexity index is 861. The van der Waals surface area contributed by atoms with E-state index in [2.05, 4.69) is 4.84 Å². The zero-order chi connectivity index (χ0) is 20.6. The van der Waals surface area contributed by atoms with Crippen molar-refractivity contribution in [3.05, 3.63) is 69.5 Å². The van der Waals surface area contributed by atoms with Crippen LogP contribution in [0.1, 0.15) is 59.8 Å². The van der Waals surface area contributed by atoms with Crippen molar-refractivity contribution in [1.29, 1.82) is 0 Å². The number of rotatable bonds is 11. The number of ketones is 1. The van der Waals surface area contributed by atoms with Crippen molar-refractivity contribution in [3.63, 3.8) is 0 Å². The zero-order valence-electron chi connectivity index (χ0n) is 16.1. The largest absolute Gasteiger partial charge is 0.465 e. The molecule has 1 aliphatic rings. The molecule has 29 heavy (non-hydrogen) atoms. The SMILES string of the molecule is O=C(c1ccccc1)c1ccc2n1CCC2C(=O)OCCCCCCO[N+](=O)[O-]. The predicted molar refractivity (Wildman–Crippen MR) is 104 cm³/mol. The van der Waals surface area contributed by atoms with Crippen LogP contribution in [0.25, 0.3) is 0 Å². The Balaban J connectivity index is 1.46. The molecule has 0 fully saturated rings. The van der Waals surface area contributed by atoms with E-state index in [4.69, 9.17) is 4.74 Å². The lowest BCUT2D eigenvalue weighted by Crippen LogP contribution is -2.14. The summed E-state index contributed by atoms with van der Waals surface area (Å²) in [5, 5.41) is 9.25. The molecule has 3 rings (SSSR count). The van der Waals surface area contributed by atoms with Gasteiger partial charge in [-0.05, 0) is 37.8 Å². The van der Waals surface area contributed by atoms with Gasteiger partial charge < -0.3 is 14.1 Å². The first kappa shape index (κ1) is 20.6. The summed E-state index contributed by atoms with van der Waals surface area (Å²) in [6.45, 7) is 1.03. The van der Waals surface area contributed by atoms with E-state index < -0.39 is 5.09 Å². The molecule has 0 saturated carbocycles.